The molecule has 25 heavy (non-hydrogen) atoms. The number of amidine groups is 1. The molecule has 132 valence electrons. The number of hydrogen-bond donors (Lipinski definition) is 1. The minimum absolute atomic E-state index is 0.115. The molecule has 1 N–H and O–H groups in total. The lowest BCUT2D eigenvalue weighted by Gasteiger charge is -2.16. The number of methoxy groups -OCH3 is 1. The molecule has 0 spiro atoms. The minimum atomic E-state index is -3.33. The Balaban J connectivity index is 1.94. The van der Waals surface area contributed by atoms with Gasteiger partial charge in [-0.2, -0.15) is 0 Å². The number of aliphatic imine (C=N–C) groups is 1. The summed E-state index contributed by atoms with van der Waals surface area (Å²) in [5.74, 6) is 1.87. The van der Waals surface area contributed by atoms with Crippen LogP contribution in [0.25, 0.3) is 0 Å². The molecule has 0 radical (unpaired) electrons. The Morgan fingerprint density at radius 2 is 1.96 bits per heavy atom. The van der Waals surface area contributed by atoms with Crippen molar-refractivity contribution >= 4 is 15.7 Å². The van der Waals surface area contributed by atoms with Gasteiger partial charge in [0.2, 0.25) is 0 Å². The Bertz CT molecular complexity index is 907. The van der Waals surface area contributed by atoms with Gasteiger partial charge in [0.05, 0.1) is 24.1 Å². The maximum atomic E-state index is 12.0. The van der Waals surface area contributed by atoms with Gasteiger partial charge in [-0.25, -0.2) is 8.42 Å². The molecular weight excluding hydrogens is 340 g/mol. The molecule has 6 nitrogen and oxygen atoms in total. The number of nitrogens with zero attached hydrogens (tertiary/aromatic N) is 1. The van der Waals surface area contributed by atoms with Gasteiger partial charge >= 0.3 is 0 Å². The predicted octanol–water partition coefficient (Wildman–Crippen LogP) is 2.03. The van der Waals surface area contributed by atoms with E-state index in [-0.39, 0.29) is 11.5 Å². The highest BCUT2D eigenvalue weighted by Crippen LogP contribution is 2.33. The maximum absolute atomic E-state index is 12.0. The quantitative estimate of drug-likeness (QED) is 0.853. The first-order valence-corrected chi connectivity index (χ1v) is 9.76. The van der Waals surface area contributed by atoms with E-state index in [1.807, 2.05) is 12.1 Å². The summed E-state index contributed by atoms with van der Waals surface area (Å²) < 4.78 is 35.3. The van der Waals surface area contributed by atoms with Crippen LogP contribution in [0, 0.1) is 0 Å². The van der Waals surface area contributed by atoms with Gasteiger partial charge in [-0.1, -0.05) is 24.3 Å². The fourth-order valence-corrected chi connectivity index (χ4v) is 3.65. The first kappa shape index (κ1) is 17.3. The Hall–Kier alpha value is -2.54. The van der Waals surface area contributed by atoms with Crippen LogP contribution in [0.1, 0.15) is 11.1 Å². The van der Waals surface area contributed by atoms with Crippen LogP contribution in [0.4, 0.5) is 0 Å². The fourth-order valence-electron chi connectivity index (χ4n) is 2.72. The Morgan fingerprint density at radius 3 is 2.64 bits per heavy atom. The van der Waals surface area contributed by atoms with Crippen molar-refractivity contribution in [2.45, 2.75) is 11.5 Å². The van der Waals surface area contributed by atoms with Gasteiger partial charge in [0.25, 0.3) is 0 Å². The Morgan fingerprint density at radius 1 is 1.16 bits per heavy atom. The highest BCUT2D eigenvalue weighted by Gasteiger charge is 2.19. The summed E-state index contributed by atoms with van der Waals surface area (Å²) in [6, 6.07) is 12.4. The molecule has 0 aliphatic carbocycles. The average Bonchev–Trinajstić information content (AvgIpc) is 3.13. The van der Waals surface area contributed by atoms with Gasteiger partial charge in [0.1, 0.15) is 12.4 Å². The molecule has 1 aliphatic heterocycles. The van der Waals surface area contributed by atoms with E-state index in [1.165, 1.54) is 6.26 Å². The number of nitrogens with one attached hydrogen (secondary N) is 1. The zero-order chi connectivity index (χ0) is 17.9. The van der Waals surface area contributed by atoms with E-state index in [0.717, 1.165) is 17.9 Å². The van der Waals surface area contributed by atoms with Crippen molar-refractivity contribution in [2.75, 3.05) is 26.5 Å². The number of ether oxygens (including phenoxy) is 2. The van der Waals surface area contributed by atoms with Gasteiger partial charge in [-0.05, 0) is 18.2 Å². The second kappa shape index (κ2) is 7.14. The van der Waals surface area contributed by atoms with Crippen molar-refractivity contribution in [2.24, 2.45) is 4.99 Å². The fraction of sp³-hybridized carbons (Fsp3) is 0.278. The third-order valence-corrected chi connectivity index (χ3v) is 5.07. The van der Waals surface area contributed by atoms with Crippen molar-refractivity contribution in [3.8, 4) is 11.5 Å². The van der Waals surface area contributed by atoms with Crippen LogP contribution in [0.3, 0.4) is 0 Å². The van der Waals surface area contributed by atoms with E-state index in [1.54, 1.807) is 37.4 Å². The summed E-state index contributed by atoms with van der Waals surface area (Å²) in [5, 5.41) is 3.22. The van der Waals surface area contributed by atoms with Gasteiger partial charge in [-0.3, -0.25) is 4.99 Å². The molecule has 0 fully saturated rings. The SMILES string of the molecule is COc1cccc(C2=NCCN2)c1OCc1ccccc1S(C)(=O)=O. The van der Waals surface area contributed by atoms with E-state index >= 15 is 0 Å². The number of sulfone groups is 1. The van der Waals surface area contributed by atoms with Crippen molar-refractivity contribution in [1.29, 1.82) is 0 Å². The van der Waals surface area contributed by atoms with Crippen LogP contribution in [-0.4, -0.2) is 40.7 Å². The maximum Gasteiger partial charge on any atom is 0.175 e. The lowest BCUT2D eigenvalue weighted by molar-refractivity contribution is 0.281. The summed E-state index contributed by atoms with van der Waals surface area (Å²) in [4.78, 5) is 4.69. The van der Waals surface area contributed by atoms with Crippen LogP contribution in [-0.2, 0) is 16.4 Å². The number of rotatable bonds is 6. The van der Waals surface area contributed by atoms with Crippen molar-refractivity contribution < 1.29 is 17.9 Å². The normalized spacial score (nSPS) is 13.9. The molecule has 3 rings (SSSR count). The summed E-state index contributed by atoms with van der Waals surface area (Å²) in [7, 11) is -1.76. The van der Waals surface area contributed by atoms with E-state index in [4.69, 9.17) is 9.47 Å². The van der Waals surface area contributed by atoms with Crippen LogP contribution < -0.4 is 14.8 Å². The molecule has 7 heteroatoms. The van der Waals surface area contributed by atoms with Crippen molar-refractivity contribution in [1.82, 2.24) is 5.32 Å². The Labute approximate surface area is 147 Å². The lowest BCUT2D eigenvalue weighted by Crippen LogP contribution is -2.20. The van der Waals surface area contributed by atoms with E-state index in [2.05, 4.69) is 10.3 Å². The highest BCUT2D eigenvalue weighted by molar-refractivity contribution is 7.90. The van der Waals surface area contributed by atoms with Gasteiger partial charge in [-0.15, -0.1) is 0 Å². The third kappa shape index (κ3) is 3.76. The third-order valence-electron chi connectivity index (χ3n) is 3.87. The van der Waals surface area contributed by atoms with Crippen LogP contribution in [0.15, 0.2) is 52.4 Å². The molecule has 1 aliphatic rings. The minimum Gasteiger partial charge on any atom is -0.493 e. The second-order valence-electron chi connectivity index (χ2n) is 5.66. The zero-order valence-corrected chi connectivity index (χ0v) is 15.0. The van der Waals surface area contributed by atoms with Gasteiger partial charge < -0.3 is 14.8 Å². The van der Waals surface area contributed by atoms with Crippen LogP contribution in [0.5, 0.6) is 11.5 Å². The first-order chi connectivity index (χ1) is 12.0. The number of hydrogen-bond acceptors (Lipinski definition) is 6. The smallest absolute Gasteiger partial charge is 0.175 e. The second-order valence-corrected chi connectivity index (χ2v) is 7.65. The molecule has 2 aromatic rings. The topological polar surface area (TPSA) is 77.0 Å². The molecule has 0 amide bonds. The van der Waals surface area contributed by atoms with Crippen molar-refractivity contribution in [3.63, 3.8) is 0 Å². The number of para-hydroxylation sites is 1. The van der Waals surface area contributed by atoms with Gasteiger partial charge in [0, 0.05) is 18.4 Å². The van der Waals surface area contributed by atoms with Crippen molar-refractivity contribution in [3.05, 3.63) is 53.6 Å². The van der Waals surface area contributed by atoms with E-state index in [9.17, 15) is 8.42 Å². The summed E-state index contributed by atoms with van der Waals surface area (Å²) >= 11 is 0. The molecule has 0 saturated carbocycles. The Kier molecular flexibility index (Phi) is 4.94. The molecule has 0 atom stereocenters. The van der Waals surface area contributed by atoms with Crippen LogP contribution in [0.2, 0.25) is 0 Å². The molecule has 0 unspecified atom stereocenters. The standard InChI is InChI=1S/C18H20N2O4S/c1-23-15-8-5-7-14(18-19-10-11-20-18)17(15)24-12-13-6-3-4-9-16(13)25(2,21)22/h3-9H,10-12H2,1-2H3,(H,19,20). The average molecular weight is 360 g/mol. The van der Waals surface area contributed by atoms with Crippen LogP contribution >= 0.6 is 0 Å². The molecular formula is C18H20N2O4S. The molecule has 2 aromatic carbocycles. The monoisotopic (exact) mass is 360 g/mol. The highest BCUT2D eigenvalue weighted by atomic mass is 32.2. The molecule has 0 saturated heterocycles. The van der Waals surface area contributed by atoms with E-state index in [0.29, 0.717) is 23.6 Å². The summed E-state index contributed by atoms with van der Waals surface area (Å²) in [5.41, 5.74) is 1.40. The summed E-state index contributed by atoms with van der Waals surface area (Å²) in [6.07, 6.45) is 1.19. The predicted molar refractivity (Wildman–Crippen MR) is 96.3 cm³/mol. The van der Waals surface area contributed by atoms with Gasteiger partial charge in [0.15, 0.2) is 21.3 Å². The molecule has 0 bridgehead atoms. The molecule has 0 aromatic heterocycles. The summed E-state index contributed by atoms with van der Waals surface area (Å²) in [6.45, 7) is 1.61. The van der Waals surface area contributed by atoms with E-state index < -0.39 is 9.84 Å². The lowest BCUT2D eigenvalue weighted by atomic mass is 10.1. The first-order valence-electron chi connectivity index (χ1n) is 7.87. The molecule has 1 heterocycles. The number of benzene rings is 2. The largest absolute Gasteiger partial charge is 0.493 e. The zero-order valence-electron chi connectivity index (χ0n) is 14.2.